The van der Waals surface area contributed by atoms with Crippen molar-refractivity contribution in [2.24, 2.45) is 11.8 Å². The van der Waals surface area contributed by atoms with Gasteiger partial charge in [0.1, 0.15) is 13.2 Å². The van der Waals surface area contributed by atoms with Crippen molar-refractivity contribution < 1.29 is 28.6 Å². The summed E-state index contributed by atoms with van der Waals surface area (Å²) >= 11 is 0. The molecule has 0 saturated carbocycles. The highest BCUT2D eigenvalue weighted by molar-refractivity contribution is 5.71. The minimum absolute atomic E-state index is 0.0637. The molecular formula is C58H112O6. The van der Waals surface area contributed by atoms with Gasteiger partial charge in [0.15, 0.2) is 6.10 Å². The smallest absolute Gasteiger partial charge is 0.306 e. The summed E-state index contributed by atoms with van der Waals surface area (Å²) in [5.41, 5.74) is 0. The van der Waals surface area contributed by atoms with Crippen LogP contribution in [0.2, 0.25) is 0 Å². The minimum atomic E-state index is -0.763. The Balaban J connectivity index is 4.21. The molecule has 0 fully saturated rings. The second kappa shape index (κ2) is 50.8. The van der Waals surface area contributed by atoms with Crippen LogP contribution in [-0.2, 0) is 28.6 Å². The molecule has 0 aromatic rings. The first-order valence-corrected chi connectivity index (χ1v) is 28.7. The molecule has 6 nitrogen and oxygen atoms in total. The lowest BCUT2D eigenvalue weighted by molar-refractivity contribution is -0.167. The normalized spacial score (nSPS) is 12.0. The summed E-state index contributed by atoms with van der Waals surface area (Å²) in [6, 6.07) is 0. The molecule has 0 rings (SSSR count). The second-order valence-corrected chi connectivity index (χ2v) is 20.9. The first kappa shape index (κ1) is 62.4. The van der Waals surface area contributed by atoms with Gasteiger partial charge in [-0.05, 0) is 31.1 Å². The lowest BCUT2D eigenvalue weighted by Gasteiger charge is -2.18. The maximum atomic E-state index is 12.8. The summed E-state index contributed by atoms with van der Waals surface area (Å²) in [5.74, 6) is 0.770. The SMILES string of the molecule is CCCCCCCCCCCCCCCCCCCCC(=O)O[C@@H](COC(=O)CCCCCCCCCCCCCCCCCCC(C)C)COC(=O)CCCCCCCCC(C)C. The highest BCUT2D eigenvalue weighted by atomic mass is 16.6. The van der Waals surface area contributed by atoms with Crippen LogP contribution in [0.5, 0.6) is 0 Å². The van der Waals surface area contributed by atoms with Gasteiger partial charge in [-0.15, -0.1) is 0 Å². The van der Waals surface area contributed by atoms with Gasteiger partial charge in [0, 0.05) is 19.3 Å². The average Bonchev–Trinajstić information content (AvgIpc) is 3.27. The van der Waals surface area contributed by atoms with Gasteiger partial charge < -0.3 is 14.2 Å². The highest BCUT2D eigenvalue weighted by Crippen LogP contribution is 2.18. The fourth-order valence-corrected chi connectivity index (χ4v) is 8.87. The largest absolute Gasteiger partial charge is 0.462 e. The molecule has 0 aliphatic rings. The van der Waals surface area contributed by atoms with E-state index in [4.69, 9.17) is 14.2 Å². The van der Waals surface area contributed by atoms with Gasteiger partial charge in [0.25, 0.3) is 0 Å². The van der Waals surface area contributed by atoms with E-state index < -0.39 is 6.10 Å². The van der Waals surface area contributed by atoms with Crippen molar-refractivity contribution in [2.45, 2.75) is 330 Å². The van der Waals surface area contributed by atoms with Gasteiger partial charge in [0.05, 0.1) is 0 Å². The van der Waals surface area contributed by atoms with E-state index in [0.29, 0.717) is 19.3 Å². The number of ether oxygens (including phenoxy) is 3. The van der Waals surface area contributed by atoms with Crippen molar-refractivity contribution in [3.05, 3.63) is 0 Å². The van der Waals surface area contributed by atoms with E-state index in [1.807, 2.05) is 0 Å². The average molecular weight is 906 g/mol. The van der Waals surface area contributed by atoms with E-state index in [0.717, 1.165) is 69.6 Å². The number of rotatable bonds is 52. The molecule has 0 spiro atoms. The maximum Gasteiger partial charge on any atom is 0.306 e. The molecule has 0 radical (unpaired) electrons. The van der Waals surface area contributed by atoms with Crippen molar-refractivity contribution in [1.29, 1.82) is 0 Å². The Morgan fingerprint density at radius 2 is 0.516 bits per heavy atom. The minimum Gasteiger partial charge on any atom is -0.462 e. The van der Waals surface area contributed by atoms with Crippen LogP contribution in [0.25, 0.3) is 0 Å². The Morgan fingerprint density at radius 3 is 0.766 bits per heavy atom. The van der Waals surface area contributed by atoms with Gasteiger partial charge in [-0.2, -0.15) is 0 Å². The van der Waals surface area contributed by atoms with Gasteiger partial charge in [-0.25, -0.2) is 0 Å². The topological polar surface area (TPSA) is 78.9 Å². The summed E-state index contributed by atoms with van der Waals surface area (Å²) < 4.78 is 16.8. The molecule has 0 unspecified atom stereocenters. The van der Waals surface area contributed by atoms with E-state index in [2.05, 4.69) is 34.6 Å². The van der Waals surface area contributed by atoms with E-state index in [1.54, 1.807) is 0 Å². The molecule has 0 aromatic heterocycles. The Labute approximate surface area is 399 Å². The predicted octanol–water partition coefficient (Wildman–Crippen LogP) is 18.9. The molecule has 6 heteroatoms. The number of carbonyl (C=O) groups is 3. The predicted molar refractivity (Wildman–Crippen MR) is 275 cm³/mol. The zero-order valence-electron chi connectivity index (χ0n) is 43.9. The van der Waals surface area contributed by atoms with Crippen molar-refractivity contribution in [3.63, 3.8) is 0 Å². The van der Waals surface area contributed by atoms with E-state index in [1.165, 1.54) is 212 Å². The van der Waals surface area contributed by atoms with Crippen molar-refractivity contribution >= 4 is 17.9 Å². The molecule has 0 saturated heterocycles. The molecule has 0 aliphatic carbocycles. The standard InChI is InChI=1S/C58H112O6/c1-6-7-8-9-10-11-12-13-14-15-16-21-24-27-30-33-40-45-50-58(61)64-55(52-63-57(60)49-44-39-35-34-37-42-47-54(4)5)51-62-56(59)48-43-38-32-29-26-23-20-18-17-19-22-25-28-31-36-41-46-53(2)3/h53-55H,6-52H2,1-5H3/t55-/m0/s1. The van der Waals surface area contributed by atoms with Crippen LogP contribution in [0.4, 0.5) is 0 Å². The maximum absolute atomic E-state index is 12.8. The Morgan fingerprint density at radius 1 is 0.297 bits per heavy atom. The van der Waals surface area contributed by atoms with Gasteiger partial charge >= 0.3 is 17.9 Å². The highest BCUT2D eigenvalue weighted by Gasteiger charge is 2.19. The molecule has 0 aliphatic heterocycles. The Bertz CT molecular complexity index is 978. The second-order valence-electron chi connectivity index (χ2n) is 20.9. The monoisotopic (exact) mass is 905 g/mol. The lowest BCUT2D eigenvalue weighted by Crippen LogP contribution is -2.30. The fourth-order valence-electron chi connectivity index (χ4n) is 8.87. The molecule has 1 atom stereocenters. The zero-order chi connectivity index (χ0) is 46.8. The summed E-state index contributed by atoms with van der Waals surface area (Å²) in [7, 11) is 0. The first-order chi connectivity index (χ1) is 31.2. The molecule has 0 aromatic carbocycles. The molecular weight excluding hydrogens is 793 g/mol. The summed E-state index contributed by atoms with van der Waals surface area (Å²) in [6.07, 6.45) is 54.0. The Kier molecular flexibility index (Phi) is 49.6. The van der Waals surface area contributed by atoms with Crippen LogP contribution in [0, 0.1) is 11.8 Å². The van der Waals surface area contributed by atoms with E-state index in [9.17, 15) is 14.4 Å². The van der Waals surface area contributed by atoms with E-state index in [-0.39, 0.29) is 31.1 Å². The van der Waals surface area contributed by atoms with Gasteiger partial charge in [0.2, 0.25) is 0 Å². The lowest BCUT2D eigenvalue weighted by atomic mass is 10.0. The van der Waals surface area contributed by atoms with Crippen molar-refractivity contribution in [1.82, 2.24) is 0 Å². The number of esters is 3. The molecule has 0 N–H and O–H groups in total. The Hall–Kier alpha value is -1.59. The van der Waals surface area contributed by atoms with E-state index >= 15 is 0 Å². The zero-order valence-corrected chi connectivity index (χ0v) is 43.9. The summed E-state index contributed by atoms with van der Waals surface area (Å²) in [4.78, 5) is 38.0. The van der Waals surface area contributed by atoms with Crippen LogP contribution < -0.4 is 0 Å². The molecule has 64 heavy (non-hydrogen) atoms. The van der Waals surface area contributed by atoms with Crippen LogP contribution in [-0.4, -0.2) is 37.2 Å². The molecule has 0 amide bonds. The number of unbranched alkanes of at least 4 members (excludes halogenated alkanes) is 37. The van der Waals surface area contributed by atoms with Crippen LogP contribution in [0.15, 0.2) is 0 Å². The third-order valence-electron chi connectivity index (χ3n) is 13.2. The van der Waals surface area contributed by atoms with Crippen LogP contribution in [0.1, 0.15) is 324 Å². The quantitative estimate of drug-likeness (QED) is 0.0344. The third-order valence-corrected chi connectivity index (χ3v) is 13.2. The summed E-state index contributed by atoms with van der Waals surface area (Å²) in [5, 5.41) is 0. The van der Waals surface area contributed by atoms with Gasteiger partial charge in [-0.3, -0.25) is 14.4 Å². The molecule has 0 bridgehead atoms. The van der Waals surface area contributed by atoms with Crippen molar-refractivity contribution in [3.8, 4) is 0 Å². The van der Waals surface area contributed by atoms with Crippen molar-refractivity contribution in [2.75, 3.05) is 13.2 Å². The van der Waals surface area contributed by atoms with Gasteiger partial charge in [-0.1, -0.05) is 285 Å². The number of carbonyl (C=O) groups excluding carboxylic acids is 3. The molecule has 0 heterocycles. The fraction of sp³-hybridized carbons (Fsp3) is 0.948. The van der Waals surface area contributed by atoms with Crippen LogP contribution in [0.3, 0.4) is 0 Å². The number of hydrogen-bond acceptors (Lipinski definition) is 6. The van der Waals surface area contributed by atoms with Crippen LogP contribution >= 0.6 is 0 Å². The first-order valence-electron chi connectivity index (χ1n) is 28.7. The summed E-state index contributed by atoms with van der Waals surface area (Å²) in [6.45, 7) is 11.3. The molecule has 380 valence electrons. The third kappa shape index (κ3) is 51.4. The number of hydrogen-bond donors (Lipinski definition) is 0.